The summed E-state index contributed by atoms with van der Waals surface area (Å²) in [7, 11) is 0. The van der Waals surface area contributed by atoms with Gasteiger partial charge in [0, 0.05) is 6.04 Å². The van der Waals surface area contributed by atoms with Gasteiger partial charge in [-0.25, -0.2) is 0 Å². The van der Waals surface area contributed by atoms with Crippen LogP contribution in [-0.2, 0) is 0 Å². The van der Waals surface area contributed by atoms with Gasteiger partial charge in [-0.05, 0) is 41.4 Å². The second-order valence-electron chi connectivity index (χ2n) is 4.16. The Balaban J connectivity index is 1.97. The molecule has 1 aliphatic rings. The van der Waals surface area contributed by atoms with Crippen molar-refractivity contribution in [1.82, 2.24) is 10.3 Å². The van der Waals surface area contributed by atoms with Crippen LogP contribution in [0.4, 0.5) is 0 Å². The Bertz CT molecular complexity index is 427. The zero-order valence-corrected chi connectivity index (χ0v) is 11.9. The predicted molar refractivity (Wildman–Crippen MR) is 71.1 cm³/mol. The molecular weight excluding hydrogens is 323 g/mol. The highest BCUT2D eigenvalue weighted by Crippen LogP contribution is 2.34. The first-order valence-electron chi connectivity index (χ1n) is 5.67. The van der Waals surface area contributed by atoms with E-state index in [2.05, 4.69) is 26.2 Å². The van der Waals surface area contributed by atoms with Crippen LogP contribution in [0, 0.1) is 0 Å². The van der Waals surface area contributed by atoms with Gasteiger partial charge in [0.05, 0.1) is 4.47 Å². The average molecular weight is 338 g/mol. The lowest BCUT2D eigenvalue weighted by Gasteiger charge is -2.18. The van der Waals surface area contributed by atoms with E-state index in [9.17, 15) is 10.2 Å². The second-order valence-corrected chi connectivity index (χ2v) is 5.40. The zero-order chi connectivity index (χ0) is 13.1. The van der Waals surface area contributed by atoms with Crippen molar-refractivity contribution in [3.05, 3.63) is 15.7 Å². The first kappa shape index (κ1) is 13.9. The van der Waals surface area contributed by atoms with Gasteiger partial charge in [-0.3, -0.25) is 0 Å². The summed E-state index contributed by atoms with van der Waals surface area (Å²) in [5.74, 6) is -0.0996. The number of hydrogen-bond donors (Lipinski definition) is 3. The number of pyridine rings is 1. The van der Waals surface area contributed by atoms with Gasteiger partial charge >= 0.3 is 0 Å². The van der Waals surface area contributed by atoms with E-state index in [0.717, 1.165) is 19.4 Å². The third-order valence-electron chi connectivity index (χ3n) is 2.84. The molecule has 2 heterocycles. The van der Waals surface area contributed by atoms with Gasteiger partial charge in [-0.1, -0.05) is 11.6 Å². The van der Waals surface area contributed by atoms with Crippen molar-refractivity contribution in [2.45, 2.75) is 25.0 Å². The van der Waals surface area contributed by atoms with Gasteiger partial charge in [0.1, 0.15) is 17.9 Å². The molecule has 2 rings (SSSR count). The lowest BCUT2D eigenvalue weighted by Crippen LogP contribution is -2.38. The fraction of sp³-hybridized carbons (Fsp3) is 0.545. The van der Waals surface area contributed by atoms with Crippen molar-refractivity contribution in [2.75, 3.05) is 13.2 Å². The molecule has 18 heavy (non-hydrogen) atoms. The minimum atomic E-state index is -0.633. The molecule has 5 nitrogen and oxygen atoms in total. The van der Waals surface area contributed by atoms with Gasteiger partial charge in [0.2, 0.25) is 0 Å². The summed E-state index contributed by atoms with van der Waals surface area (Å²) < 4.78 is 5.72. The molecule has 2 atom stereocenters. The van der Waals surface area contributed by atoms with E-state index in [1.54, 1.807) is 0 Å². The van der Waals surface area contributed by atoms with E-state index < -0.39 is 6.10 Å². The van der Waals surface area contributed by atoms with Gasteiger partial charge in [-0.2, -0.15) is 4.98 Å². The lowest BCUT2D eigenvalue weighted by molar-refractivity contribution is 0.0757. The lowest BCUT2D eigenvalue weighted by atomic mass is 10.1. The van der Waals surface area contributed by atoms with Crippen molar-refractivity contribution in [1.29, 1.82) is 0 Å². The minimum absolute atomic E-state index is 0.0198. The SMILES string of the molecule is Oc1c(Br)cc(Cl)nc1OCC(O)C1CCCN1. The summed E-state index contributed by atoms with van der Waals surface area (Å²) in [4.78, 5) is 3.86. The number of nitrogens with zero attached hydrogens (tertiary/aromatic N) is 1. The quantitative estimate of drug-likeness (QED) is 0.729. The summed E-state index contributed by atoms with van der Waals surface area (Å²) in [6.45, 7) is 0.971. The van der Waals surface area contributed by atoms with Crippen molar-refractivity contribution in [3.8, 4) is 11.6 Å². The fourth-order valence-electron chi connectivity index (χ4n) is 1.88. The van der Waals surface area contributed by atoms with Gasteiger partial charge in [0.25, 0.3) is 5.88 Å². The Morgan fingerprint density at radius 1 is 1.67 bits per heavy atom. The Morgan fingerprint density at radius 2 is 2.44 bits per heavy atom. The number of halogens is 2. The molecule has 0 amide bonds. The Hall–Kier alpha value is -0.560. The first-order chi connectivity index (χ1) is 8.58. The van der Waals surface area contributed by atoms with E-state index in [0.29, 0.717) is 4.47 Å². The van der Waals surface area contributed by atoms with Crippen molar-refractivity contribution < 1.29 is 14.9 Å². The molecular formula is C11H14BrClN2O3. The molecule has 7 heteroatoms. The zero-order valence-electron chi connectivity index (χ0n) is 9.57. The highest BCUT2D eigenvalue weighted by atomic mass is 79.9. The summed E-state index contributed by atoms with van der Waals surface area (Å²) in [6.07, 6.45) is 1.34. The number of aromatic hydroxyl groups is 1. The molecule has 0 spiro atoms. The molecule has 1 aromatic rings. The maximum Gasteiger partial charge on any atom is 0.259 e. The van der Waals surface area contributed by atoms with Crippen molar-refractivity contribution >= 4 is 27.5 Å². The van der Waals surface area contributed by atoms with Crippen LogP contribution in [0.25, 0.3) is 0 Å². The summed E-state index contributed by atoms with van der Waals surface area (Å²) >= 11 is 8.90. The third-order valence-corrected chi connectivity index (χ3v) is 3.63. The third kappa shape index (κ3) is 3.26. The normalized spacial score (nSPS) is 20.9. The fourth-order valence-corrected chi connectivity index (χ4v) is 2.58. The number of aromatic nitrogens is 1. The summed E-state index contributed by atoms with van der Waals surface area (Å²) in [5.41, 5.74) is 0. The molecule has 0 radical (unpaired) electrons. The molecule has 1 aromatic heterocycles. The van der Waals surface area contributed by atoms with Crippen LogP contribution in [0.3, 0.4) is 0 Å². The molecule has 3 N–H and O–H groups in total. The van der Waals surface area contributed by atoms with Crippen LogP contribution < -0.4 is 10.1 Å². The van der Waals surface area contributed by atoms with Crippen molar-refractivity contribution in [2.24, 2.45) is 0 Å². The number of hydrogen-bond acceptors (Lipinski definition) is 5. The largest absolute Gasteiger partial charge is 0.502 e. The van der Waals surface area contributed by atoms with Gasteiger partial charge in [0.15, 0.2) is 5.75 Å². The number of ether oxygens (including phenoxy) is 1. The Kier molecular flexibility index (Phi) is 4.66. The summed E-state index contributed by atoms with van der Waals surface area (Å²) in [6, 6.07) is 1.51. The number of nitrogens with one attached hydrogen (secondary N) is 1. The first-order valence-corrected chi connectivity index (χ1v) is 6.84. The topological polar surface area (TPSA) is 74.6 Å². The molecule has 1 fully saturated rings. The molecule has 100 valence electrons. The Labute approximate surface area is 118 Å². The molecule has 0 bridgehead atoms. The average Bonchev–Trinajstić information content (AvgIpc) is 2.85. The van der Waals surface area contributed by atoms with E-state index in [4.69, 9.17) is 16.3 Å². The molecule has 0 aromatic carbocycles. The molecule has 1 saturated heterocycles. The highest BCUT2D eigenvalue weighted by Gasteiger charge is 2.23. The summed E-state index contributed by atoms with van der Waals surface area (Å²) in [5, 5.41) is 23.0. The standard InChI is InChI=1S/C11H14BrClN2O3/c12-6-4-9(13)15-11(10(6)17)18-5-8(16)7-2-1-3-14-7/h4,7-8,14,16-17H,1-3,5H2. The van der Waals surface area contributed by atoms with Crippen LogP contribution in [0.1, 0.15) is 12.8 Å². The smallest absolute Gasteiger partial charge is 0.259 e. The van der Waals surface area contributed by atoms with Gasteiger partial charge < -0.3 is 20.3 Å². The van der Waals surface area contributed by atoms with Gasteiger partial charge in [-0.15, -0.1) is 0 Å². The van der Waals surface area contributed by atoms with E-state index in [-0.39, 0.29) is 29.4 Å². The van der Waals surface area contributed by atoms with Crippen LogP contribution in [-0.4, -0.2) is 40.5 Å². The maximum atomic E-state index is 9.90. The van der Waals surface area contributed by atoms with Crippen LogP contribution in [0.2, 0.25) is 5.15 Å². The predicted octanol–water partition coefficient (Wildman–Crippen LogP) is 1.69. The van der Waals surface area contributed by atoms with E-state index >= 15 is 0 Å². The molecule has 1 aliphatic heterocycles. The monoisotopic (exact) mass is 336 g/mol. The minimum Gasteiger partial charge on any atom is -0.502 e. The number of aliphatic hydroxyl groups is 1. The second kappa shape index (κ2) is 6.06. The van der Waals surface area contributed by atoms with Crippen LogP contribution in [0.15, 0.2) is 10.5 Å². The maximum absolute atomic E-state index is 9.90. The van der Waals surface area contributed by atoms with E-state index in [1.165, 1.54) is 6.07 Å². The number of rotatable bonds is 4. The molecule has 0 aliphatic carbocycles. The molecule has 2 unspecified atom stereocenters. The number of aliphatic hydroxyl groups excluding tert-OH is 1. The Morgan fingerprint density at radius 3 is 3.11 bits per heavy atom. The molecule has 0 saturated carbocycles. The highest BCUT2D eigenvalue weighted by molar-refractivity contribution is 9.10. The van der Waals surface area contributed by atoms with Crippen LogP contribution in [0.5, 0.6) is 11.6 Å². The van der Waals surface area contributed by atoms with Crippen molar-refractivity contribution in [3.63, 3.8) is 0 Å². The van der Waals surface area contributed by atoms with Crippen LogP contribution >= 0.6 is 27.5 Å². The van der Waals surface area contributed by atoms with E-state index in [1.807, 2.05) is 0 Å².